The van der Waals surface area contributed by atoms with Crippen LogP contribution in [0, 0.1) is 0 Å². The van der Waals surface area contributed by atoms with Crippen LogP contribution in [0.2, 0.25) is 0 Å². The number of thioether (sulfide) groups is 1. The zero-order valence-corrected chi connectivity index (χ0v) is 18.2. The van der Waals surface area contributed by atoms with Gasteiger partial charge in [0.05, 0.1) is 14.2 Å². The highest BCUT2D eigenvalue weighted by molar-refractivity contribution is 7.99. The molecule has 0 aliphatic carbocycles. The minimum atomic E-state index is -0.992. The van der Waals surface area contributed by atoms with Crippen LogP contribution in [0.4, 0.5) is 0 Å². The van der Waals surface area contributed by atoms with Crippen LogP contribution in [0.1, 0.15) is 11.1 Å². The normalized spacial score (nSPS) is 10.3. The van der Waals surface area contributed by atoms with E-state index in [0.717, 1.165) is 38.8 Å². The first-order valence-corrected chi connectivity index (χ1v) is 10.6. The molecule has 0 atom stereocenters. The molecule has 0 radical (unpaired) electrons. The van der Waals surface area contributed by atoms with Crippen molar-refractivity contribution >= 4 is 23.3 Å². The molecule has 160 valence electrons. The van der Waals surface area contributed by atoms with Crippen LogP contribution in [0.5, 0.6) is 17.2 Å². The number of carbonyl (C=O) groups is 1. The Morgan fingerprint density at radius 3 is 1.74 bits per heavy atom. The largest absolute Gasteiger partial charge is 0.497 e. The highest BCUT2D eigenvalue weighted by Gasteiger charge is 2.07. The van der Waals surface area contributed by atoms with Gasteiger partial charge in [-0.3, -0.25) is 0 Å². The molecule has 0 aliphatic heterocycles. The van der Waals surface area contributed by atoms with Crippen molar-refractivity contribution in [1.29, 1.82) is 0 Å². The summed E-state index contributed by atoms with van der Waals surface area (Å²) < 4.78 is 15.7. The molecule has 0 spiro atoms. The van der Waals surface area contributed by atoms with Gasteiger partial charge in [-0.1, -0.05) is 30.3 Å². The average molecular weight is 437 g/mol. The predicted octanol–water partition coefficient (Wildman–Crippen LogP) is 5.39. The molecule has 6 heteroatoms. The molecule has 31 heavy (non-hydrogen) atoms. The topological polar surface area (TPSA) is 65.0 Å². The molecule has 0 saturated carbocycles. The molecule has 0 saturated heterocycles. The summed E-state index contributed by atoms with van der Waals surface area (Å²) in [4.78, 5) is 11.7. The lowest BCUT2D eigenvalue weighted by molar-refractivity contribution is -0.139. The number of benzene rings is 3. The first-order valence-electron chi connectivity index (χ1n) is 9.65. The Hall–Kier alpha value is -3.38. The summed E-state index contributed by atoms with van der Waals surface area (Å²) in [6.45, 7) is -0.345. The zero-order chi connectivity index (χ0) is 22.1. The molecule has 3 aromatic rings. The van der Waals surface area contributed by atoms with E-state index in [2.05, 4.69) is 6.08 Å². The lowest BCUT2D eigenvalue weighted by Crippen LogP contribution is -2.09. The van der Waals surface area contributed by atoms with E-state index in [1.807, 2.05) is 60.7 Å². The van der Waals surface area contributed by atoms with Crippen molar-refractivity contribution in [3.8, 4) is 17.2 Å². The molecule has 3 rings (SSSR count). The van der Waals surface area contributed by atoms with Crippen LogP contribution in [0.15, 0.2) is 83.8 Å². The number of hydrogen-bond acceptors (Lipinski definition) is 5. The molecule has 0 fully saturated rings. The monoisotopic (exact) mass is 436 g/mol. The van der Waals surface area contributed by atoms with Gasteiger partial charge in [0.25, 0.3) is 0 Å². The van der Waals surface area contributed by atoms with Crippen molar-refractivity contribution in [2.24, 2.45) is 0 Å². The van der Waals surface area contributed by atoms with Crippen LogP contribution in [-0.4, -0.2) is 37.7 Å². The molecule has 0 amide bonds. The van der Waals surface area contributed by atoms with Gasteiger partial charge in [0.1, 0.15) is 17.2 Å². The number of carboxylic acid groups (broad SMARTS) is 1. The Bertz CT molecular complexity index is 960. The van der Waals surface area contributed by atoms with E-state index >= 15 is 0 Å². The quantitative estimate of drug-likeness (QED) is 0.430. The molecule has 3 aromatic carbocycles. The second kappa shape index (κ2) is 11.1. The Labute approximate surface area is 186 Å². The van der Waals surface area contributed by atoms with Crippen LogP contribution in [0.3, 0.4) is 0 Å². The number of aliphatic carboxylic acids is 1. The molecule has 0 aliphatic rings. The highest BCUT2D eigenvalue weighted by Crippen LogP contribution is 2.29. The second-order valence-electron chi connectivity index (χ2n) is 6.54. The first-order chi connectivity index (χ1) is 15.1. The third-order valence-corrected chi connectivity index (χ3v) is 5.46. The van der Waals surface area contributed by atoms with Gasteiger partial charge in [-0.25, -0.2) is 4.79 Å². The van der Waals surface area contributed by atoms with Gasteiger partial charge >= 0.3 is 5.97 Å². The first kappa shape index (κ1) is 22.3. The minimum Gasteiger partial charge on any atom is -0.497 e. The van der Waals surface area contributed by atoms with Gasteiger partial charge in [0.2, 0.25) is 0 Å². The number of methoxy groups -OCH3 is 2. The van der Waals surface area contributed by atoms with E-state index < -0.39 is 5.97 Å². The van der Waals surface area contributed by atoms with E-state index in [1.165, 1.54) is 0 Å². The fraction of sp³-hybridized carbons (Fsp3) is 0.160. The van der Waals surface area contributed by atoms with E-state index in [4.69, 9.17) is 19.3 Å². The zero-order valence-electron chi connectivity index (χ0n) is 17.4. The van der Waals surface area contributed by atoms with E-state index in [9.17, 15) is 4.79 Å². The molecule has 0 aromatic heterocycles. The van der Waals surface area contributed by atoms with Crippen LogP contribution in [0.25, 0.3) is 5.57 Å². The summed E-state index contributed by atoms with van der Waals surface area (Å²) in [6, 6.07) is 23.4. The van der Waals surface area contributed by atoms with Crippen molar-refractivity contribution in [3.05, 3.63) is 90.0 Å². The molecule has 5 nitrogen and oxygen atoms in total. The lowest BCUT2D eigenvalue weighted by atomic mass is 9.97. The summed E-state index contributed by atoms with van der Waals surface area (Å²) in [6.07, 6.45) is 2.20. The number of ether oxygens (including phenoxy) is 3. The SMILES string of the molecule is COc1ccc(C(=CCSc2ccc(OCC(=O)O)cc2)c2ccc(OC)cc2)cc1. The summed E-state index contributed by atoms with van der Waals surface area (Å²) in [5.74, 6) is 1.95. The van der Waals surface area contributed by atoms with E-state index in [-0.39, 0.29) is 6.61 Å². The maximum atomic E-state index is 10.6. The summed E-state index contributed by atoms with van der Waals surface area (Å²) in [7, 11) is 3.31. The van der Waals surface area contributed by atoms with Gasteiger partial charge in [-0.05, 0) is 65.2 Å². The van der Waals surface area contributed by atoms with Gasteiger partial charge in [-0.2, -0.15) is 0 Å². The van der Waals surface area contributed by atoms with Gasteiger partial charge < -0.3 is 19.3 Å². The van der Waals surface area contributed by atoms with Crippen LogP contribution >= 0.6 is 11.8 Å². The van der Waals surface area contributed by atoms with Gasteiger partial charge in [0.15, 0.2) is 6.61 Å². The Kier molecular flexibility index (Phi) is 8.01. The third-order valence-electron chi connectivity index (χ3n) is 4.53. The second-order valence-corrected chi connectivity index (χ2v) is 7.63. The molecule has 0 bridgehead atoms. The summed E-state index contributed by atoms with van der Waals surface area (Å²) in [5.41, 5.74) is 3.33. The standard InChI is InChI=1S/C25H24O5S/c1-28-20-7-3-18(4-8-20)24(19-5-9-21(29-2)10-6-19)15-16-31-23-13-11-22(12-14-23)30-17-25(26)27/h3-15H,16-17H2,1-2H3,(H,26,27). The summed E-state index contributed by atoms with van der Waals surface area (Å²) >= 11 is 1.69. The van der Waals surface area contributed by atoms with Crippen LogP contribution in [-0.2, 0) is 4.79 Å². The van der Waals surface area contributed by atoms with E-state index in [0.29, 0.717) is 5.75 Å². The van der Waals surface area contributed by atoms with E-state index in [1.54, 1.807) is 38.1 Å². The Morgan fingerprint density at radius 2 is 1.29 bits per heavy atom. The molecule has 0 unspecified atom stereocenters. The molecule has 1 N–H and O–H groups in total. The van der Waals surface area contributed by atoms with Gasteiger partial charge in [-0.15, -0.1) is 11.8 Å². The summed E-state index contributed by atoms with van der Waals surface area (Å²) in [5, 5.41) is 8.69. The van der Waals surface area contributed by atoms with Gasteiger partial charge in [0, 0.05) is 10.6 Å². The smallest absolute Gasteiger partial charge is 0.341 e. The third kappa shape index (κ3) is 6.55. The van der Waals surface area contributed by atoms with Crippen molar-refractivity contribution in [1.82, 2.24) is 0 Å². The Balaban J connectivity index is 1.75. The number of rotatable bonds is 10. The Morgan fingerprint density at radius 1 is 0.806 bits per heavy atom. The molecule has 0 heterocycles. The fourth-order valence-corrected chi connectivity index (χ4v) is 3.71. The molecular formula is C25H24O5S. The maximum absolute atomic E-state index is 10.6. The lowest BCUT2D eigenvalue weighted by Gasteiger charge is -2.11. The van der Waals surface area contributed by atoms with Crippen molar-refractivity contribution in [2.75, 3.05) is 26.6 Å². The van der Waals surface area contributed by atoms with Crippen molar-refractivity contribution in [2.45, 2.75) is 4.90 Å². The minimum absolute atomic E-state index is 0.345. The van der Waals surface area contributed by atoms with Crippen molar-refractivity contribution in [3.63, 3.8) is 0 Å². The van der Waals surface area contributed by atoms with Crippen LogP contribution < -0.4 is 14.2 Å². The fourth-order valence-electron chi connectivity index (χ4n) is 2.94. The highest BCUT2D eigenvalue weighted by atomic mass is 32.2. The number of hydrogen-bond donors (Lipinski definition) is 1. The average Bonchev–Trinajstić information content (AvgIpc) is 2.81. The number of carboxylic acids is 1. The predicted molar refractivity (Wildman–Crippen MR) is 123 cm³/mol. The van der Waals surface area contributed by atoms with Crippen molar-refractivity contribution < 1.29 is 24.1 Å². The maximum Gasteiger partial charge on any atom is 0.341 e. The molecular weight excluding hydrogens is 412 g/mol.